The number of alkyl halides is 3. The van der Waals surface area contributed by atoms with Crippen molar-refractivity contribution in [2.45, 2.75) is 19.1 Å². The number of rotatable bonds is 3. The summed E-state index contributed by atoms with van der Waals surface area (Å²) in [5, 5.41) is 0. The van der Waals surface area contributed by atoms with E-state index in [9.17, 15) is 13.2 Å². The molecule has 0 fully saturated rings. The summed E-state index contributed by atoms with van der Waals surface area (Å²) >= 11 is 0. The number of halogens is 3. The normalized spacial score (nSPS) is 13.7. The monoisotopic (exact) mass is 220 g/mol. The van der Waals surface area contributed by atoms with E-state index >= 15 is 0 Å². The van der Waals surface area contributed by atoms with Crippen molar-refractivity contribution in [1.29, 1.82) is 0 Å². The lowest BCUT2D eigenvalue weighted by Gasteiger charge is -2.15. The summed E-state index contributed by atoms with van der Waals surface area (Å²) in [6, 6.07) is 0.626. The molecule has 1 atom stereocenters. The van der Waals surface area contributed by atoms with E-state index in [1.807, 2.05) is 0 Å². The third-order valence-electron chi connectivity index (χ3n) is 1.76. The zero-order valence-electron chi connectivity index (χ0n) is 8.08. The highest BCUT2D eigenvalue weighted by atomic mass is 19.4. The molecule has 0 saturated carbocycles. The highest BCUT2D eigenvalue weighted by molar-refractivity contribution is 5.21. The molecule has 3 nitrogen and oxygen atoms in total. The van der Waals surface area contributed by atoms with Crippen molar-refractivity contribution in [2.24, 2.45) is 5.73 Å². The number of hydrogen-bond donors (Lipinski definition) is 1. The summed E-state index contributed by atoms with van der Waals surface area (Å²) in [4.78, 5) is 3.70. The first-order valence-electron chi connectivity index (χ1n) is 4.36. The predicted molar refractivity (Wildman–Crippen MR) is 48.4 cm³/mol. The van der Waals surface area contributed by atoms with Gasteiger partial charge in [0.1, 0.15) is 6.04 Å². The third kappa shape index (κ3) is 3.09. The van der Waals surface area contributed by atoms with Crippen LogP contribution in [0.3, 0.4) is 0 Å². The average Bonchev–Trinajstić information content (AvgIpc) is 2.17. The van der Waals surface area contributed by atoms with E-state index in [0.29, 0.717) is 6.61 Å². The molecule has 0 bridgehead atoms. The van der Waals surface area contributed by atoms with Crippen molar-refractivity contribution in [3.63, 3.8) is 0 Å². The summed E-state index contributed by atoms with van der Waals surface area (Å²) < 4.78 is 41.6. The summed E-state index contributed by atoms with van der Waals surface area (Å²) in [5.41, 5.74) is 4.91. The number of hydrogen-bond acceptors (Lipinski definition) is 3. The van der Waals surface area contributed by atoms with Crippen molar-refractivity contribution < 1.29 is 17.9 Å². The lowest BCUT2D eigenvalue weighted by Crippen LogP contribution is -2.28. The van der Waals surface area contributed by atoms with E-state index in [-0.39, 0.29) is 11.4 Å². The van der Waals surface area contributed by atoms with Gasteiger partial charge in [-0.25, -0.2) is 4.98 Å². The number of nitrogens with two attached hydrogens (primary N) is 1. The van der Waals surface area contributed by atoms with Crippen LogP contribution in [0.5, 0.6) is 5.88 Å². The maximum absolute atomic E-state index is 12.2. The fourth-order valence-corrected chi connectivity index (χ4v) is 0.998. The maximum atomic E-state index is 12.2. The van der Waals surface area contributed by atoms with E-state index < -0.39 is 12.2 Å². The largest absolute Gasteiger partial charge is 0.478 e. The molecule has 6 heteroatoms. The second kappa shape index (κ2) is 4.48. The van der Waals surface area contributed by atoms with Crippen LogP contribution >= 0.6 is 0 Å². The molecule has 0 spiro atoms. The van der Waals surface area contributed by atoms with Gasteiger partial charge in [-0.1, -0.05) is 6.07 Å². The lowest BCUT2D eigenvalue weighted by atomic mass is 10.1. The van der Waals surface area contributed by atoms with Crippen molar-refractivity contribution >= 4 is 0 Å². The molecule has 0 radical (unpaired) electrons. The van der Waals surface area contributed by atoms with Crippen molar-refractivity contribution in [2.75, 3.05) is 6.61 Å². The van der Waals surface area contributed by atoms with Gasteiger partial charge in [-0.2, -0.15) is 13.2 Å². The molecule has 15 heavy (non-hydrogen) atoms. The second-order valence-electron chi connectivity index (χ2n) is 2.88. The molecule has 84 valence electrons. The molecule has 0 amide bonds. The van der Waals surface area contributed by atoms with Crippen LogP contribution in [0, 0.1) is 0 Å². The van der Waals surface area contributed by atoms with Gasteiger partial charge in [0.2, 0.25) is 5.88 Å². The van der Waals surface area contributed by atoms with Gasteiger partial charge in [0.15, 0.2) is 0 Å². The minimum absolute atomic E-state index is 0.0778. The number of pyridine rings is 1. The van der Waals surface area contributed by atoms with Gasteiger partial charge in [0.25, 0.3) is 0 Å². The van der Waals surface area contributed by atoms with E-state index in [4.69, 9.17) is 10.5 Å². The number of aromatic nitrogens is 1. The van der Waals surface area contributed by atoms with Crippen LogP contribution in [0.25, 0.3) is 0 Å². The van der Waals surface area contributed by atoms with Gasteiger partial charge in [-0.3, -0.25) is 0 Å². The zero-order chi connectivity index (χ0) is 11.5. The standard InChI is InChI=1S/C9H11F3N2O/c1-2-15-7-4-3-6(5-14-7)8(13)9(10,11)12/h3-5,8H,2,13H2,1H3/t8-/m0/s1. The van der Waals surface area contributed by atoms with Crippen molar-refractivity contribution in [1.82, 2.24) is 4.98 Å². The Morgan fingerprint density at radius 3 is 2.53 bits per heavy atom. The Labute approximate surface area is 85.1 Å². The molecule has 0 aliphatic carbocycles. The minimum atomic E-state index is -4.45. The molecule has 0 unspecified atom stereocenters. The highest BCUT2D eigenvalue weighted by Crippen LogP contribution is 2.30. The smallest absolute Gasteiger partial charge is 0.407 e. The Bertz CT molecular complexity index is 310. The quantitative estimate of drug-likeness (QED) is 0.847. The Morgan fingerprint density at radius 2 is 2.13 bits per heavy atom. The zero-order valence-corrected chi connectivity index (χ0v) is 8.08. The fourth-order valence-electron chi connectivity index (χ4n) is 0.998. The van der Waals surface area contributed by atoms with Gasteiger partial charge in [0, 0.05) is 12.3 Å². The topological polar surface area (TPSA) is 48.1 Å². The first-order valence-corrected chi connectivity index (χ1v) is 4.36. The SMILES string of the molecule is CCOc1ccc([C@H](N)C(F)(F)F)cn1. The van der Waals surface area contributed by atoms with Gasteiger partial charge < -0.3 is 10.5 Å². The number of nitrogens with zero attached hydrogens (tertiary/aromatic N) is 1. The first kappa shape index (κ1) is 11.8. The molecule has 1 rings (SSSR count). The summed E-state index contributed by atoms with van der Waals surface area (Å²) in [7, 11) is 0. The predicted octanol–water partition coefficient (Wildman–Crippen LogP) is 2.04. The van der Waals surface area contributed by atoms with Crippen LogP contribution in [0.2, 0.25) is 0 Å². The Morgan fingerprint density at radius 1 is 1.47 bits per heavy atom. The van der Waals surface area contributed by atoms with E-state index in [0.717, 1.165) is 6.20 Å². The second-order valence-corrected chi connectivity index (χ2v) is 2.88. The van der Waals surface area contributed by atoms with Crippen LogP contribution in [-0.4, -0.2) is 17.8 Å². The molecule has 1 heterocycles. The Kier molecular flexibility index (Phi) is 3.52. The summed E-state index contributed by atoms with van der Waals surface area (Å²) in [6.07, 6.45) is -3.38. The van der Waals surface area contributed by atoms with Crippen LogP contribution in [0.15, 0.2) is 18.3 Å². The maximum Gasteiger partial charge on any atom is 0.407 e. The van der Waals surface area contributed by atoms with E-state index in [2.05, 4.69) is 4.98 Å². The van der Waals surface area contributed by atoms with Crippen molar-refractivity contribution in [3.8, 4) is 5.88 Å². The third-order valence-corrected chi connectivity index (χ3v) is 1.76. The molecule has 1 aromatic rings. The Balaban J connectivity index is 2.80. The molecule has 0 aromatic carbocycles. The lowest BCUT2D eigenvalue weighted by molar-refractivity contribution is -0.149. The molecule has 0 aliphatic rings. The highest BCUT2D eigenvalue weighted by Gasteiger charge is 2.37. The van der Waals surface area contributed by atoms with Crippen molar-refractivity contribution in [3.05, 3.63) is 23.9 Å². The Hall–Kier alpha value is -1.30. The van der Waals surface area contributed by atoms with Gasteiger partial charge in [-0.05, 0) is 12.5 Å². The van der Waals surface area contributed by atoms with Gasteiger partial charge in [-0.15, -0.1) is 0 Å². The van der Waals surface area contributed by atoms with E-state index in [1.54, 1.807) is 6.92 Å². The number of ether oxygens (including phenoxy) is 1. The van der Waals surface area contributed by atoms with Crippen LogP contribution < -0.4 is 10.5 Å². The molecule has 0 aliphatic heterocycles. The molecule has 1 aromatic heterocycles. The van der Waals surface area contributed by atoms with Crippen LogP contribution in [0.1, 0.15) is 18.5 Å². The molecular formula is C9H11F3N2O. The van der Waals surface area contributed by atoms with Gasteiger partial charge >= 0.3 is 6.18 Å². The first-order chi connectivity index (χ1) is 6.95. The van der Waals surface area contributed by atoms with E-state index in [1.165, 1.54) is 12.1 Å². The minimum Gasteiger partial charge on any atom is -0.478 e. The average molecular weight is 220 g/mol. The van der Waals surface area contributed by atoms with Crippen LogP contribution in [0.4, 0.5) is 13.2 Å². The summed E-state index contributed by atoms with van der Waals surface area (Å²) in [6.45, 7) is 2.18. The molecular weight excluding hydrogens is 209 g/mol. The van der Waals surface area contributed by atoms with Crippen LogP contribution in [-0.2, 0) is 0 Å². The fraction of sp³-hybridized carbons (Fsp3) is 0.444. The summed E-state index contributed by atoms with van der Waals surface area (Å²) in [5.74, 6) is 0.288. The molecule has 2 N–H and O–H groups in total. The molecule has 0 saturated heterocycles. The van der Waals surface area contributed by atoms with Gasteiger partial charge in [0.05, 0.1) is 6.61 Å².